The minimum atomic E-state index is -0.473. The van der Waals surface area contributed by atoms with Crippen molar-refractivity contribution in [1.82, 2.24) is 5.32 Å². The lowest BCUT2D eigenvalue weighted by atomic mass is 10.1. The number of rotatable bonds is 2. The van der Waals surface area contributed by atoms with Gasteiger partial charge in [0.1, 0.15) is 5.60 Å². The fourth-order valence-electron chi connectivity index (χ4n) is 2.03. The number of nitrogens with one attached hydrogen (secondary N) is 1. The van der Waals surface area contributed by atoms with Crippen LogP contribution in [0.15, 0.2) is 42.5 Å². The van der Waals surface area contributed by atoms with Gasteiger partial charge in [-0.15, -0.1) is 0 Å². The van der Waals surface area contributed by atoms with Crippen molar-refractivity contribution < 1.29 is 9.53 Å². The van der Waals surface area contributed by atoms with Crippen LogP contribution in [0.5, 0.6) is 0 Å². The number of amides is 1. The van der Waals surface area contributed by atoms with Gasteiger partial charge in [0, 0.05) is 18.5 Å². The molecule has 3 heteroatoms. The number of hydrogen-bond acceptors (Lipinski definition) is 2. The van der Waals surface area contributed by atoms with Crippen molar-refractivity contribution in [1.29, 1.82) is 0 Å². The molecule has 2 rings (SSSR count). The second-order valence-electron chi connectivity index (χ2n) is 6.01. The van der Waals surface area contributed by atoms with Gasteiger partial charge in [-0.2, -0.15) is 0 Å². The van der Waals surface area contributed by atoms with Crippen LogP contribution in [-0.4, -0.2) is 18.2 Å². The largest absolute Gasteiger partial charge is 0.444 e. The van der Waals surface area contributed by atoms with E-state index < -0.39 is 11.7 Å². The predicted octanol–water partition coefficient (Wildman–Crippen LogP) is 4.11. The maximum Gasteiger partial charge on any atom is 0.407 e. The molecule has 0 atom stereocenters. The Labute approximate surface area is 131 Å². The Hall–Kier alpha value is -2.47. The summed E-state index contributed by atoms with van der Waals surface area (Å²) in [7, 11) is 0. The highest BCUT2D eigenvalue weighted by Crippen LogP contribution is 2.17. The molecule has 2 aromatic rings. The third-order valence-electron chi connectivity index (χ3n) is 2.93. The number of carbonyl (C=O) groups is 1. The summed E-state index contributed by atoms with van der Waals surface area (Å²) in [5.41, 5.74) is 0.536. The molecular weight excluding hydrogens is 274 g/mol. The molecule has 0 fully saturated rings. The van der Waals surface area contributed by atoms with Crippen molar-refractivity contribution in [2.75, 3.05) is 6.54 Å². The molecule has 2 aromatic carbocycles. The standard InChI is InChI=1S/C19H21NO2/c1-19(2,3)22-18(21)20-14-7-6-10-16-12-8-11-15-9-4-5-13-17(15)16/h4-5,8-9,11-13H,7,14H2,1-3H3,(H,20,21). The molecule has 0 bridgehead atoms. The minimum Gasteiger partial charge on any atom is -0.444 e. The van der Waals surface area contributed by atoms with E-state index in [2.05, 4.69) is 35.4 Å². The lowest BCUT2D eigenvalue weighted by molar-refractivity contribution is 0.0529. The Kier molecular flexibility index (Phi) is 5.06. The Morgan fingerprint density at radius 3 is 2.64 bits per heavy atom. The van der Waals surface area contributed by atoms with Crippen LogP contribution in [0.3, 0.4) is 0 Å². The summed E-state index contributed by atoms with van der Waals surface area (Å²) < 4.78 is 5.16. The van der Waals surface area contributed by atoms with Gasteiger partial charge in [-0.05, 0) is 37.6 Å². The summed E-state index contributed by atoms with van der Waals surface area (Å²) >= 11 is 0. The highest BCUT2D eigenvalue weighted by Gasteiger charge is 2.15. The van der Waals surface area contributed by atoms with Gasteiger partial charge in [-0.25, -0.2) is 4.79 Å². The quantitative estimate of drug-likeness (QED) is 0.669. The van der Waals surface area contributed by atoms with Gasteiger partial charge in [0.15, 0.2) is 0 Å². The zero-order valence-electron chi connectivity index (χ0n) is 13.3. The molecule has 0 aliphatic carbocycles. The minimum absolute atomic E-state index is 0.403. The van der Waals surface area contributed by atoms with Crippen molar-refractivity contribution in [3.8, 4) is 11.8 Å². The summed E-state index contributed by atoms with van der Waals surface area (Å²) in [5.74, 6) is 6.26. The average molecular weight is 295 g/mol. The molecule has 0 saturated heterocycles. The fraction of sp³-hybridized carbons (Fsp3) is 0.316. The molecule has 0 aliphatic rings. The first-order valence-corrected chi connectivity index (χ1v) is 7.39. The van der Waals surface area contributed by atoms with E-state index in [1.54, 1.807) is 0 Å². The SMILES string of the molecule is CC(C)(C)OC(=O)NCCC#Cc1cccc2ccccc12. The van der Waals surface area contributed by atoms with Gasteiger partial charge in [-0.3, -0.25) is 0 Å². The summed E-state index contributed by atoms with van der Waals surface area (Å²) in [6.07, 6.45) is 0.183. The van der Waals surface area contributed by atoms with E-state index in [4.69, 9.17) is 4.74 Å². The number of carbonyl (C=O) groups excluding carboxylic acids is 1. The number of ether oxygens (including phenoxy) is 1. The first-order valence-electron chi connectivity index (χ1n) is 7.39. The second-order valence-corrected chi connectivity index (χ2v) is 6.01. The third kappa shape index (κ3) is 4.82. The number of fused-ring (bicyclic) bond motifs is 1. The van der Waals surface area contributed by atoms with Gasteiger partial charge in [0.2, 0.25) is 0 Å². The summed E-state index contributed by atoms with van der Waals surface area (Å²) in [6.45, 7) is 6.00. The average Bonchev–Trinajstić information content (AvgIpc) is 2.45. The van der Waals surface area contributed by atoms with E-state index >= 15 is 0 Å². The van der Waals surface area contributed by atoms with E-state index in [1.807, 2.05) is 45.0 Å². The Bertz CT molecular complexity index is 712. The number of alkyl carbamates (subject to hydrolysis) is 1. The molecule has 22 heavy (non-hydrogen) atoms. The maximum atomic E-state index is 11.5. The van der Waals surface area contributed by atoms with E-state index in [0.717, 1.165) is 10.9 Å². The van der Waals surface area contributed by atoms with Gasteiger partial charge >= 0.3 is 6.09 Å². The lowest BCUT2D eigenvalue weighted by Crippen LogP contribution is -2.32. The molecule has 0 aromatic heterocycles. The zero-order chi connectivity index (χ0) is 16.0. The van der Waals surface area contributed by atoms with Crippen LogP contribution < -0.4 is 5.32 Å². The normalized spacial score (nSPS) is 10.7. The molecule has 3 nitrogen and oxygen atoms in total. The van der Waals surface area contributed by atoms with Crippen LogP contribution in [0.2, 0.25) is 0 Å². The Morgan fingerprint density at radius 1 is 1.14 bits per heavy atom. The zero-order valence-corrected chi connectivity index (χ0v) is 13.3. The molecule has 1 amide bonds. The van der Waals surface area contributed by atoms with Crippen LogP contribution in [0.4, 0.5) is 4.79 Å². The van der Waals surface area contributed by atoms with E-state index in [0.29, 0.717) is 13.0 Å². The van der Waals surface area contributed by atoms with Gasteiger partial charge in [0.05, 0.1) is 0 Å². The van der Waals surface area contributed by atoms with E-state index in [-0.39, 0.29) is 0 Å². The van der Waals surface area contributed by atoms with Crippen molar-refractivity contribution in [3.63, 3.8) is 0 Å². The smallest absolute Gasteiger partial charge is 0.407 e. The van der Waals surface area contributed by atoms with Crippen molar-refractivity contribution in [2.24, 2.45) is 0 Å². The van der Waals surface area contributed by atoms with Gasteiger partial charge < -0.3 is 10.1 Å². The van der Waals surface area contributed by atoms with Crippen LogP contribution in [0.25, 0.3) is 10.8 Å². The Morgan fingerprint density at radius 2 is 1.86 bits per heavy atom. The van der Waals surface area contributed by atoms with Gasteiger partial charge in [0.25, 0.3) is 0 Å². The van der Waals surface area contributed by atoms with Crippen LogP contribution in [0.1, 0.15) is 32.8 Å². The topological polar surface area (TPSA) is 38.3 Å². The number of hydrogen-bond donors (Lipinski definition) is 1. The second kappa shape index (κ2) is 7.00. The first-order chi connectivity index (χ1) is 10.5. The predicted molar refractivity (Wildman–Crippen MR) is 89.7 cm³/mol. The lowest BCUT2D eigenvalue weighted by Gasteiger charge is -2.19. The third-order valence-corrected chi connectivity index (χ3v) is 2.93. The number of benzene rings is 2. The molecule has 1 N–H and O–H groups in total. The van der Waals surface area contributed by atoms with Gasteiger partial charge in [-0.1, -0.05) is 48.2 Å². The molecular formula is C19H21NO2. The summed E-state index contributed by atoms with van der Waals surface area (Å²) in [6, 6.07) is 14.3. The molecule has 0 radical (unpaired) electrons. The van der Waals surface area contributed by atoms with Crippen molar-refractivity contribution in [2.45, 2.75) is 32.8 Å². The van der Waals surface area contributed by atoms with Crippen molar-refractivity contribution >= 4 is 16.9 Å². The first kappa shape index (κ1) is 15.9. The molecule has 0 aliphatic heterocycles. The molecule has 0 saturated carbocycles. The molecule has 0 unspecified atom stereocenters. The molecule has 0 spiro atoms. The maximum absolute atomic E-state index is 11.5. The van der Waals surface area contributed by atoms with Crippen molar-refractivity contribution in [3.05, 3.63) is 48.0 Å². The Balaban J connectivity index is 1.90. The fourth-order valence-corrected chi connectivity index (χ4v) is 2.03. The van der Waals surface area contributed by atoms with Crippen LogP contribution in [-0.2, 0) is 4.74 Å². The monoisotopic (exact) mass is 295 g/mol. The van der Waals surface area contributed by atoms with Crippen LogP contribution >= 0.6 is 0 Å². The molecule has 114 valence electrons. The highest BCUT2D eigenvalue weighted by atomic mass is 16.6. The molecule has 0 heterocycles. The van der Waals surface area contributed by atoms with E-state index in [1.165, 1.54) is 5.39 Å². The van der Waals surface area contributed by atoms with Crippen LogP contribution in [0, 0.1) is 11.8 Å². The van der Waals surface area contributed by atoms with E-state index in [9.17, 15) is 4.79 Å². The summed E-state index contributed by atoms with van der Waals surface area (Å²) in [4.78, 5) is 11.5. The highest BCUT2D eigenvalue weighted by molar-refractivity contribution is 5.88. The summed E-state index contributed by atoms with van der Waals surface area (Å²) in [5, 5.41) is 5.03.